The molecule has 0 saturated heterocycles. The molecule has 4 nitrogen and oxygen atoms in total. The minimum Gasteiger partial charge on any atom is -0.493 e. The number of halogens is 1. The molecule has 3 rings (SSSR count). The summed E-state index contributed by atoms with van der Waals surface area (Å²) in [5.41, 5.74) is 2.21. The molecule has 0 unspecified atom stereocenters. The summed E-state index contributed by atoms with van der Waals surface area (Å²) in [6.07, 6.45) is 0.118. The van der Waals surface area contributed by atoms with Gasteiger partial charge in [0, 0.05) is 36.3 Å². The van der Waals surface area contributed by atoms with Crippen molar-refractivity contribution in [1.82, 2.24) is 4.90 Å². The van der Waals surface area contributed by atoms with Gasteiger partial charge in [-0.15, -0.1) is 0 Å². The van der Waals surface area contributed by atoms with Crippen LogP contribution < -0.4 is 14.2 Å². The Kier molecular flexibility index (Phi) is 5.17. The van der Waals surface area contributed by atoms with E-state index < -0.39 is 0 Å². The van der Waals surface area contributed by atoms with Gasteiger partial charge in [0.25, 0.3) is 0 Å². The minimum absolute atomic E-state index is 0.118. The van der Waals surface area contributed by atoms with E-state index >= 15 is 0 Å². The molecule has 0 N–H and O–H groups in total. The number of rotatable bonds is 4. The van der Waals surface area contributed by atoms with Gasteiger partial charge in [0.15, 0.2) is 11.5 Å². The predicted octanol–water partition coefficient (Wildman–Crippen LogP) is 4.14. The van der Waals surface area contributed by atoms with E-state index in [1.807, 2.05) is 24.3 Å². The Hall–Kier alpha value is -1.91. The van der Waals surface area contributed by atoms with E-state index in [4.69, 9.17) is 25.8 Å². The van der Waals surface area contributed by atoms with Crippen molar-refractivity contribution >= 4 is 11.6 Å². The average Bonchev–Trinajstić information content (AvgIpc) is 2.73. The number of methoxy groups -OCH3 is 2. The van der Waals surface area contributed by atoms with E-state index in [1.54, 1.807) is 20.3 Å². The third-order valence-corrected chi connectivity index (χ3v) is 4.51. The molecule has 0 aromatic heterocycles. The maximum atomic E-state index is 6.44. The lowest BCUT2D eigenvalue weighted by Crippen LogP contribution is -2.30. The van der Waals surface area contributed by atoms with E-state index in [9.17, 15) is 0 Å². The lowest BCUT2D eigenvalue weighted by Gasteiger charge is -2.23. The average molecular weight is 348 g/mol. The van der Waals surface area contributed by atoms with Crippen LogP contribution in [0.4, 0.5) is 0 Å². The van der Waals surface area contributed by atoms with Crippen LogP contribution in [0.3, 0.4) is 0 Å². The van der Waals surface area contributed by atoms with Crippen molar-refractivity contribution in [3.8, 4) is 17.2 Å². The highest BCUT2D eigenvalue weighted by Gasteiger charge is 2.21. The van der Waals surface area contributed by atoms with Crippen molar-refractivity contribution < 1.29 is 14.2 Å². The lowest BCUT2D eigenvalue weighted by molar-refractivity contribution is 0.156. The minimum atomic E-state index is 0.118. The topological polar surface area (TPSA) is 30.9 Å². The van der Waals surface area contributed by atoms with Crippen molar-refractivity contribution in [3.05, 3.63) is 52.5 Å². The van der Waals surface area contributed by atoms with Crippen LogP contribution in [0.25, 0.3) is 0 Å². The molecule has 0 fully saturated rings. The number of hydrogen-bond donors (Lipinski definition) is 0. The Morgan fingerprint density at radius 1 is 1.17 bits per heavy atom. The van der Waals surface area contributed by atoms with Crippen LogP contribution >= 0.6 is 11.6 Å². The third-order valence-electron chi connectivity index (χ3n) is 4.16. The molecule has 0 saturated carbocycles. The zero-order valence-corrected chi connectivity index (χ0v) is 15.0. The van der Waals surface area contributed by atoms with Gasteiger partial charge < -0.3 is 14.2 Å². The highest BCUT2D eigenvalue weighted by atomic mass is 35.5. The highest BCUT2D eigenvalue weighted by molar-refractivity contribution is 6.31. The SMILES string of the molecule is COc1cc(Cl)c(CN2Cc3ccccc3O[C@H](C)C2)cc1OC. The van der Waals surface area contributed by atoms with Gasteiger partial charge >= 0.3 is 0 Å². The smallest absolute Gasteiger partial charge is 0.162 e. The summed E-state index contributed by atoms with van der Waals surface area (Å²) in [7, 11) is 3.24. The van der Waals surface area contributed by atoms with Crippen LogP contribution in [0.2, 0.25) is 5.02 Å². The maximum Gasteiger partial charge on any atom is 0.162 e. The molecule has 0 radical (unpaired) electrons. The Balaban J connectivity index is 1.85. The largest absolute Gasteiger partial charge is 0.493 e. The van der Waals surface area contributed by atoms with Crippen LogP contribution in [-0.4, -0.2) is 31.8 Å². The lowest BCUT2D eigenvalue weighted by atomic mass is 10.1. The number of para-hydroxylation sites is 1. The molecule has 1 heterocycles. The second-order valence-electron chi connectivity index (χ2n) is 6.00. The fraction of sp³-hybridized carbons (Fsp3) is 0.368. The first-order valence-electron chi connectivity index (χ1n) is 7.98. The second-order valence-corrected chi connectivity index (χ2v) is 6.41. The van der Waals surface area contributed by atoms with Gasteiger partial charge in [-0.25, -0.2) is 0 Å². The Morgan fingerprint density at radius 2 is 1.88 bits per heavy atom. The fourth-order valence-corrected chi connectivity index (χ4v) is 3.26. The summed E-state index contributed by atoms with van der Waals surface area (Å²) in [6.45, 7) is 4.47. The van der Waals surface area contributed by atoms with Crippen molar-refractivity contribution in [2.75, 3.05) is 20.8 Å². The summed E-state index contributed by atoms with van der Waals surface area (Å²) in [5.74, 6) is 2.30. The maximum absolute atomic E-state index is 6.44. The highest BCUT2D eigenvalue weighted by Crippen LogP contribution is 2.34. The first-order chi connectivity index (χ1) is 11.6. The molecule has 5 heteroatoms. The van der Waals surface area contributed by atoms with Crippen LogP contribution in [0.5, 0.6) is 17.2 Å². The van der Waals surface area contributed by atoms with E-state index in [2.05, 4.69) is 17.9 Å². The molecule has 2 aromatic carbocycles. The number of hydrogen-bond acceptors (Lipinski definition) is 4. The van der Waals surface area contributed by atoms with E-state index in [1.165, 1.54) is 5.56 Å². The van der Waals surface area contributed by atoms with Crippen LogP contribution in [0.1, 0.15) is 18.1 Å². The van der Waals surface area contributed by atoms with Crippen molar-refractivity contribution in [2.45, 2.75) is 26.1 Å². The van der Waals surface area contributed by atoms with Crippen molar-refractivity contribution in [3.63, 3.8) is 0 Å². The normalized spacial score (nSPS) is 17.6. The molecule has 2 aromatic rings. The van der Waals surface area contributed by atoms with Gasteiger partial charge in [-0.1, -0.05) is 29.8 Å². The van der Waals surface area contributed by atoms with Crippen molar-refractivity contribution in [1.29, 1.82) is 0 Å². The van der Waals surface area contributed by atoms with Gasteiger partial charge in [0.1, 0.15) is 11.9 Å². The standard InChI is InChI=1S/C19H22ClNO3/c1-13-10-21(11-14-6-4-5-7-17(14)24-13)12-15-8-18(22-2)19(23-3)9-16(15)20/h4-9,13H,10-12H2,1-3H3/t13-/m1/s1. The summed E-state index contributed by atoms with van der Waals surface area (Å²) in [5, 5.41) is 0.679. The Bertz CT molecular complexity index is 720. The molecule has 0 aliphatic carbocycles. The van der Waals surface area contributed by atoms with Crippen molar-refractivity contribution in [2.24, 2.45) is 0 Å². The predicted molar refractivity (Wildman–Crippen MR) is 95.2 cm³/mol. The number of nitrogens with zero attached hydrogens (tertiary/aromatic N) is 1. The van der Waals surface area contributed by atoms with Crippen LogP contribution in [-0.2, 0) is 13.1 Å². The zero-order chi connectivity index (χ0) is 17.1. The molecule has 1 aliphatic rings. The van der Waals surface area contributed by atoms with E-state index in [-0.39, 0.29) is 6.10 Å². The molecule has 0 amide bonds. The molecule has 0 bridgehead atoms. The van der Waals surface area contributed by atoms with Gasteiger partial charge in [0.2, 0.25) is 0 Å². The molecular formula is C19H22ClNO3. The first kappa shape index (κ1) is 16.9. The molecule has 24 heavy (non-hydrogen) atoms. The Labute approximate surface area is 147 Å². The molecule has 128 valence electrons. The summed E-state index contributed by atoms with van der Waals surface area (Å²) in [4.78, 5) is 2.34. The third kappa shape index (κ3) is 3.60. The molecule has 0 spiro atoms. The van der Waals surface area contributed by atoms with Gasteiger partial charge in [-0.2, -0.15) is 0 Å². The number of benzene rings is 2. The first-order valence-corrected chi connectivity index (χ1v) is 8.35. The zero-order valence-electron chi connectivity index (χ0n) is 14.2. The second kappa shape index (κ2) is 7.32. The van der Waals surface area contributed by atoms with Crippen LogP contribution in [0, 0.1) is 0 Å². The van der Waals surface area contributed by atoms with Gasteiger partial charge in [-0.05, 0) is 24.6 Å². The van der Waals surface area contributed by atoms with E-state index in [0.29, 0.717) is 16.5 Å². The quantitative estimate of drug-likeness (QED) is 0.831. The monoisotopic (exact) mass is 347 g/mol. The van der Waals surface area contributed by atoms with Crippen LogP contribution in [0.15, 0.2) is 36.4 Å². The molecule has 1 aliphatic heterocycles. The fourth-order valence-electron chi connectivity index (χ4n) is 3.05. The number of fused-ring (bicyclic) bond motifs is 1. The summed E-state index contributed by atoms with van der Waals surface area (Å²) >= 11 is 6.44. The summed E-state index contributed by atoms with van der Waals surface area (Å²) in [6, 6.07) is 11.9. The molecular weight excluding hydrogens is 326 g/mol. The Morgan fingerprint density at radius 3 is 2.62 bits per heavy atom. The van der Waals surface area contributed by atoms with Gasteiger partial charge in [0.05, 0.1) is 14.2 Å². The molecule has 1 atom stereocenters. The van der Waals surface area contributed by atoms with Gasteiger partial charge in [-0.3, -0.25) is 4.90 Å². The summed E-state index contributed by atoms with van der Waals surface area (Å²) < 4.78 is 16.7. The number of ether oxygens (including phenoxy) is 3. The van der Waals surface area contributed by atoms with E-state index in [0.717, 1.165) is 30.9 Å².